The third-order valence-electron chi connectivity index (χ3n) is 5.07. The van der Waals surface area contributed by atoms with E-state index in [1.165, 1.54) is 71.2 Å². The van der Waals surface area contributed by atoms with Crippen molar-refractivity contribution in [3.05, 3.63) is 0 Å². The predicted molar refractivity (Wildman–Crippen MR) is 90.2 cm³/mol. The Morgan fingerprint density at radius 3 is 2.05 bits per heavy atom. The maximum atomic E-state index is 3.36. The molecule has 1 saturated heterocycles. The van der Waals surface area contributed by atoms with Gasteiger partial charge in [0.15, 0.2) is 0 Å². The first kappa shape index (κ1) is 18.0. The van der Waals surface area contributed by atoms with E-state index in [1.54, 1.807) is 0 Å². The molecule has 0 amide bonds. The van der Waals surface area contributed by atoms with E-state index in [0.717, 1.165) is 17.8 Å². The van der Waals surface area contributed by atoms with Gasteiger partial charge in [-0.25, -0.2) is 0 Å². The molecule has 2 aliphatic rings. The lowest BCUT2D eigenvalue weighted by Gasteiger charge is -2.29. The normalized spacial score (nSPS) is 23.2. The van der Waals surface area contributed by atoms with Crippen molar-refractivity contribution in [3.63, 3.8) is 0 Å². The van der Waals surface area contributed by atoms with Gasteiger partial charge in [0, 0.05) is 32.7 Å². The van der Waals surface area contributed by atoms with E-state index >= 15 is 0 Å². The van der Waals surface area contributed by atoms with Crippen molar-refractivity contribution in [2.24, 2.45) is 17.8 Å². The Morgan fingerprint density at radius 2 is 1.60 bits per heavy atom. The molecule has 1 N–H and O–H groups in total. The monoisotopic (exact) mass is 282 g/mol. The summed E-state index contributed by atoms with van der Waals surface area (Å²) in [7, 11) is 0. The highest BCUT2D eigenvalue weighted by atomic mass is 15.2. The fourth-order valence-electron chi connectivity index (χ4n) is 3.26. The fourth-order valence-corrected chi connectivity index (χ4v) is 3.26. The van der Waals surface area contributed by atoms with Gasteiger partial charge in [0.1, 0.15) is 0 Å². The van der Waals surface area contributed by atoms with Crippen LogP contribution >= 0.6 is 0 Å². The molecule has 0 aromatic heterocycles. The van der Waals surface area contributed by atoms with Gasteiger partial charge >= 0.3 is 0 Å². The minimum absolute atomic E-state index is 0.869. The van der Waals surface area contributed by atoms with Gasteiger partial charge in [-0.3, -0.25) is 0 Å². The smallest absolute Gasteiger partial charge is 0.0107 e. The van der Waals surface area contributed by atoms with Gasteiger partial charge in [0.2, 0.25) is 0 Å². The molecule has 120 valence electrons. The molecular weight excluding hydrogens is 244 g/mol. The molecule has 2 fully saturated rings. The van der Waals surface area contributed by atoms with Crippen LogP contribution in [0.1, 0.15) is 66.2 Å². The van der Waals surface area contributed by atoms with Crippen molar-refractivity contribution >= 4 is 0 Å². The molecule has 1 saturated carbocycles. The Labute approximate surface area is 127 Å². The lowest BCUT2D eigenvalue weighted by Crippen LogP contribution is -2.44. The predicted octanol–water partition coefficient (Wildman–Crippen LogP) is 4.16. The van der Waals surface area contributed by atoms with Crippen LogP contribution in [0.15, 0.2) is 0 Å². The number of rotatable bonds is 4. The third-order valence-corrected chi connectivity index (χ3v) is 5.07. The van der Waals surface area contributed by atoms with Crippen LogP contribution in [0, 0.1) is 17.8 Å². The van der Waals surface area contributed by atoms with Crippen molar-refractivity contribution in [1.82, 2.24) is 10.2 Å². The van der Waals surface area contributed by atoms with Crippen molar-refractivity contribution in [1.29, 1.82) is 0 Å². The highest BCUT2D eigenvalue weighted by Crippen LogP contribution is 2.29. The second-order valence-electron chi connectivity index (χ2n) is 7.21. The summed E-state index contributed by atoms with van der Waals surface area (Å²) in [6.07, 6.45) is 8.77. The van der Waals surface area contributed by atoms with E-state index in [4.69, 9.17) is 0 Å². The molecule has 2 rings (SSSR count). The number of nitrogens with one attached hydrogen (secondary N) is 1. The van der Waals surface area contributed by atoms with Gasteiger partial charge in [-0.05, 0) is 17.8 Å². The SMILES string of the molecule is CC(C)C1CCCCC1.CCC(C)CN1CCNCC1. The summed E-state index contributed by atoms with van der Waals surface area (Å²) in [4.78, 5) is 2.56. The summed E-state index contributed by atoms with van der Waals surface area (Å²) in [5.74, 6) is 2.86. The summed E-state index contributed by atoms with van der Waals surface area (Å²) in [5.41, 5.74) is 0. The first-order valence-corrected chi connectivity index (χ1v) is 9.06. The van der Waals surface area contributed by atoms with E-state index in [2.05, 4.69) is 37.9 Å². The molecule has 20 heavy (non-hydrogen) atoms. The van der Waals surface area contributed by atoms with Gasteiger partial charge in [0.05, 0.1) is 0 Å². The van der Waals surface area contributed by atoms with Gasteiger partial charge in [-0.2, -0.15) is 0 Å². The average molecular weight is 283 g/mol. The molecule has 2 nitrogen and oxygen atoms in total. The van der Waals surface area contributed by atoms with Crippen LogP contribution in [-0.4, -0.2) is 37.6 Å². The molecule has 0 aromatic rings. The van der Waals surface area contributed by atoms with Crippen LogP contribution < -0.4 is 5.32 Å². The third kappa shape index (κ3) is 7.64. The Kier molecular flexibility index (Phi) is 9.54. The number of piperazine rings is 1. The standard InChI is InChI=1S/C9H20N2.C9H18/c1-3-9(2)8-11-6-4-10-5-7-11;1-8(2)9-6-4-3-5-7-9/h9-10H,3-8H2,1-2H3;8-9H,3-7H2,1-2H3. The second kappa shape index (κ2) is 10.6. The van der Waals surface area contributed by atoms with Gasteiger partial charge in [0.25, 0.3) is 0 Å². The molecule has 0 bridgehead atoms. The largest absolute Gasteiger partial charge is 0.314 e. The minimum atomic E-state index is 0.869. The van der Waals surface area contributed by atoms with Crippen LogP contribution in [-0.2, 0) is 0 Å². The van der Waals surface area contributed by atoms with Gasteiger partial charge in [-0.1, -0.05) is 66.2 Å². The van der Waals surface area contributed by atoms with Gasteiger partial charge < -0.3 is 10.2 Å². The van der Waals surface area contributed by atoms with Crippen LogP contribution in [0.3, 0.4) is 0 Å². The topological polar surface area (TPSA) is 15.3 Å². The molecular formula is C18H38N2. The number of hydrogen-bond acceptors (Lipinski definition) is 2. The summed E-state index contributed by atoms with van der Waals surface area (Å²) in [5, 5.41) is 3.36. The van der Waals surface area contributed by atoms with E-state index < -0.39 is 0 Å². The van der Waals surface area contributed by atoms with Crippen molar-refractivity contribution in [2.75, 3.05) is 32.7 Å². The van der Waals surface area contributed by atoms with E-state index in [9.17, 15) is 0 Å². The average Bonchev–Trinajstić information content (AvgIpc) is 2.49. The summed E-state index contributed by atoms with van der Waals surface area (Å²) < 4.78 is 0. The zero-order chi connectivity index (χ0) is 14.8. The molecule has 0 aromatic carbocycles. The molecule has 0 spiro atoms. The number of nitrogens with zero attached hydrogens (tertiary/aromatic N) is 1. The molecule has 1 aliphatic carbocycles. The molecule has 1 unspecified atom stereocenters. The zero-order valence-electron chi connectivity index (χ0n) is 14.5. The Morgan fingerprint density at radius 1 is 1.00 bits per heavy atom. The molecule has 2 heteroatoms. The maximum absolute atomic E-state index is 3.36. The Hall–Kier alpha value is -0.0800. The van der Waals surface area contributed by atoms with Crippen LogP contribution in [0.4, 0.5) is 0 Å². The van der Waals surface area contributed by atoms with E-state index in [1.807, 2.05) is 0 Å². The molecule has 1 heterocycles. The van der Waals surface area contributed by atoms with Gasteiger partial charge in [-0.15, -0.1) is 0 Å². The van der Waals surface area contributed by atoms with Crippen LogP contribution in [0.25, 0.3) is 0 Å². The Balaban J connectivity index is 0.000000204. The van der Waals surface area contributed by atoms with Crippen molar-refractivity contribution in [3.8, 4) is 0 Å². The maximum Gasteiger partial charge on any atom is 0.0107 e. The lowest BCUT2D eigenvalue weighted by molar-refractivity contribution is 0.209. The molecule has 0 radical (unpaired) electrons. The fraction of sp³-hybridized carbons (Fsp3) is 1.00. The van der Waals surface area contributed by atoms with Crippen molar-refractivity contribution in [2.45, 2.75) is 66.2 Å². The van der Waals surface area contributed by atoms with Crippen LogP contribution in [0.2, 0.25) is 0 Å². The summed E-state index contributed by atoms with van der Waals surface area (Å²) in [6, 6.07) is 0. The first-order chi connectivity index (χ1) is 9.63. The molecule has 1 aliphatic heterocycles. The highest BCUT2D eigenvalue weighted by Gasteiger charge is 2.15. The number of hydrogen-bond donors (Lipinski definition) is 1. The zero-order valence-corrected chi connectivity index (χ0v) is 14.5. The van der Waals surface area contributed by atoms with Crippen molar-refractivity contribution < 1.29 is 0 Å². The lowest BCUT2D eigenvalue weighted by atomic mass is 9.82. The quantitative estimate of drug-likeness (QED) is 0.833. The van der Waals surface area contributed by atoms with E-state index in [-0.39, 0.29) is 0 Å². The van der Waals surface area contributed by atoms with Crippen LogP contribution in [0.5, 0.6) is 0 Å². The second-order valence-corrected chi connectivity index (χ2v) is 7.21. The highest BCUT2D eigenvalue weighted by molar-refractivity contribution is 4.69. The molecule has 1 atom stereocenters. The Bertz CT molecular complexity index is 215. The summed E-state index contributed by atoms with van der Waals surface area (Å²) in [6.45, 7) is 15.4. The minimum Gasteiger partial charge on any atom is -0.314 e. The first-order valence-electron chi connectivity index (χ1n) is 9.06. The van der Waals surface area contributed by atoms with E-state index in [0.29, 0.717) is 0 Å². The summed E-state index contributed by atoms with van der Waals surface area (Å²) >= 11 is 0.